The first-order valence-corrected chi connectivity index (χ1v) is 6.37. The quantitative estimate of drug-likeness (QED) is 0.787. The standard InChI is InChI=1S/C8H6Cl2O4S/c1-14-7-3-2-5(15(10,12)13)4-6(7)8(9)11/h2-4H,1H3. The Labute approximate surface area is 96.2 Å². The van der Waals surface area contributed by atoms with E-state index < -0.39 is 14.3 Å². The number of rotatable bonds is 3. The molecular weight excluding hydrogens is 263 g/mol. The van der Waals surface area contributed by atoms with Gasteiger partial charge in [-0.1, -0.05) is 0 Å². The first kappa shape index (κ1) is 12.3. The zero-order valence-corrected chi connectivity index (χ0v) is 9.86. The highest BCUT2D eigenvalue weighted by molar-refractivity contribution is 8.13. The van der Waals surface area contributed by atoms with Crippen LogP contribution in [0.25, 0.3) is 0 Å². The highest BCUT2D eigenvalue weighted by Crippen LogP contribution is 2.25. The molecule has 0 radical (unpaired) electrons. The molecule has 0 heterocycles. The van der Waals surface area contributed by atoms with Gasteiger partial charge in [0.05, 0.1) is 17.6 Å². The Hall–Kier alpha value is -0.780. The lowest BCUT2D eigenvalue weighted by Gasteiger charge is -2.05. The third kappa shape index (κ3) is 2.84. The summed E-state index contributed by atoms with van der Waals surface area (Å²) in [5, 5.41) is -0.811. The van der Waals surface area contributed by atoms with Crippen LogP contribution in [-0.2, 0) is 9.05 Å². The summed E-state index contributed by atoms with van der Waals surface area (Å²) in [5.74, 6) is 0.194. The molecule has 0 atom stereocenters. The summed E-state index contributed by atoms with van der Waals surface area (Å²) in [6, 6.07) is 3.60. The number of carbonyl (C=O) groups is 1. The second-order valence-corrected chi connectivity index (χ2v) is 5.48. The van der Waals surface area contributed by atoms with Gasteiger partial charge in [0.2, 0.25) is 0 Å². The molecular formula is C8H6Cl2O4S. The molecule has 7 heteroatoms. The van der Waals surface area contributed by atoms with Gasteiger partial charge >= 0.3 is 0 Å². The van der Waals surface area contributed by atoms with Crippen molar-refractivity contribution in [2.45, 2.75) is 4.90 Å². The average Bonchev–Trinajstić information content (AvgIpc) is 2.15. The molecule has 1 aromatic carbocycles. The minimum atomic E-state index is -3.88. The van der Waals surface area contributed by atoms with E-state index in [0.29, 0.717) is 0 Å². The van der Waals surface area contributed by atoms with Crippen LogP contribution in [-0.4, -0.2) is 20.8 Å². The van der Waals surface area contributed by atoms with Crippen LogP contribution >= 0.6 is 22.3 Å². The van der Waals surface area contributed by atoms with Gasteiger partial charge in [-0.25, -0.2) is 8.42 Å². The summed E-state index contributed by atoms with van der Waals surface area (Å²) in [6.07, 6.45) is 0. The third-order valence-electron chi connectivity index (χ3n) is 1.66. The summed E-state index contributed by atoms with van der Waals surface area (Å²) >= 11 is 5.25. The van der Waals surface area contributed by atoms with E-state index >= 15 is 0 Å². The van der Waals surface area contributed by atoms with Crippen LogP contribution in [0, 0.1) is 0 Å². The van der Waals surface area contributed by atoms with E-state index in [-0.39, 0.29) is 16.2 Å². The lowest BCUT2D eigenvalue weighted by molar-refractivity contribution is 0.107. The number of carbonyl (C=O) groups excluding carboxylic acids is 1. The number of hydrogen-bond acceptors (Lipinski definition) is 4. The van der Waals surface area contributed by atoms with Crippen molar-refractivity contribution in [3.63, 3.8) is 0 Å². The van der Waals surface area contributed by atoms with Crippen molar-refractivity contribution < 1.29 is 17.9 Å². The van der Waals surface area contributed by atoms with Gasteiger partial charge in [-0.05, 0) is 29.8 Å². The van der Waals surface area contributed by atoms with Crippen LogP contribution in [0.2, 0.25) is 0 Å². The largest absolute Gasteiger partial charge is 0.496 e. The zero-order valence-electron chi connectivity index (χ0n) is 7.53. The lowest BCUT2D eigenvalue weighted by Crippen LogP contribution is -1.99. The predicted molar refractivity (Wildman–Crippen MR) is 56.2 cm³/mol. The van der Waals surface area contributed by atoms with E-state index in [1.165, 1.54) is 19.2 Å². The molecule has 0 bridgehead atoms. The van der Waals surface area contributed by atoms with Gasteiger partial charge in [-0.2, -0.15) is 0 Å². The fourth-order valence-corrected chi connectivity index (χ4v) is 1.92. The van der Waals surface area contributed by atoms with Crippen molar-refractivity contribution in [1.29, 1.82) is 0 Å². The first-order chi connectivity index (χ1) is 6.86. The van der Waals surface area contributed by atoms with Gasteiger partial charge in [-0.3, -0.25) is 4.79 Å². The van der Waals surface area contributed by atoms with Crippen LogP contribution in [0.3, 0.4) is 0 Å². The highest BCUT2D eigenvalue weighted by atomic mass is 35.7. The number of halogens is 2. The van der Waals surface area contributed by atoms with E-state index in [4.69, 9.17) is 27.0 Å². The van der Waals surface area contributed by atoms with Gasteiger partial charge in [0.25, 0.3) is 14.3 Å². The third-order valence-corrected chi connectivity index (χ3v) is 3.22. The normalized spacial score (nSPS) is 11.1. The monoisotopic (exact) mass is 268 g/mol. The number of methoxy groups -OCH3 is 1. The van der Waals surface area contributed by atoms with Crippen LogP contribution in [0.1, 0.15) is 10.4 Å². The fourth-order valence-electron chi connectivity index (χ4n) is 0.992. The molecule has 0 amide bonds. The molecule has 82 valence electrons. The van der Waals surface area contributed by atoms with Crippen molar-refractivity contribution in [3.8, 4) is 5.75 Å². The van der Waals surface area contributed by atoms with Crippen molar-refractivity contribution in [2.24, 2.45) is 0 Å². The minimum Gasteiger partial charge on any atom is -0.496 e. The molecule has 4 nitrogen and oxygen atoms in total. The van der Waals surface area contributed by atoms with E-state index in [1.807, 2.05) is 0 Å². The Morgan fingerprint density at radius 2 is 2.00 bits per heavy atom. The van der Waals surface area contributed by atoms with E-state index in [2.05, 4.69) is 0 Å². The Morgan fingerprint density at radius 1 is 1.40 bits per heavy atom. The maximum atomic E-state index is 11.0. The SMILES string of the molecule is COc1ccc(S(=O)(=O)Cl)cc1C(=O)Cl. The van der Waals surface area contributed by atoms with Gasteiger partial charge in [0.1, 0.15) is 5.75 Å². The molecule has 0 N–H and O–H groups in total. The molecule has 1 rings (SSSR count). The van der Waals surface area contributed by atoms with Crippen LogP contribution in [0.15, 0.2) is 23.1 Å². The molecule has 0 fully saturated rings. The summed E-state index contributed by atoms with van der Waals surface area (Å²) in [4.78, 5) is 10.8. The molecule has 0 saturated carbocycles. The van der Waals surface area contributed by atoms with E-state index in [0.717, 1.165) is 6.07 Å². The minimum absolute atomic E-state index is 0.0408. The van der Waals surface area contributed by atoms with Crippen molar-refractivity contribution in [1.82, 2.24) is 0 Å². The average molecular weight is 269 g/mol. The van der Waals surface area contributed by atoms with Crippen molar-refractivity contribution in [2.75, 3.05) is 7.11 Å². The topological polar surface area (TPSA) is 60.4 Å². The van der Waals surface area contributed by atoms with Crippen molar-refractivity contribution in [3.05, 3.63) is 23.8 Å². The van der Waals surface area contributed by atoms with Gasteiger partial charge < -0.3 is 4.74 Å². The van der Waals surface area contributed by atoms with E-state index in [9.17, 15) is 13.2 Å². The van der Waals surface area contributed by atoms with Gasteiger partial charge in [-0.15, -0.1) is 0 Å². The molecule has 0 unspecified atom stereocenters. The Bertz CT molecular complexity index is 495. The molecule has 0 spiro atoms. The van der Waals surface area contributed by atoms with Gasteiger partial charge in [0.15, 0.2) is 0 Å². The maximum Gasteiger partial charge on any atom is 0.261 e. The van der Waals surface area contributed by atoms with Crippen LogP contribution in [0.5, 0.6) is 5.75 Å². The van der Waals surface area contributed by atoms with E-state index in [1.54, 1.807) is 0 Å². The number of benzene rings is 1. The number of hydrogen-bond donors (Lipinski definition) is 0. The molecule has 0 saturated heterocycles. The highest BCUT2D eigenvalue weighted by Gasteiger charge is 2.16. The summed E-state index contributed by atoms with van der Waals surface area (Å²) in [6.45, 7) is 0. The van der Waals surface area contributed by atoms with Crippen LogP contribution in [0.4, 0.5) is 0 Å². The Kier molecular flexibility index (Phi) is 3.59. The molecule has 0 aliphatic heterocycles. The smallest absolute Gasteiger partial charge is 0.261 e. The fraction of sp³-hybridized carbons (Fsp3) is 0.125. The Balaban J connectivity index is 3.42. The summed E-state index contributed by atoms with van der Waals surface area (Å²) in [5.41, 5.74) is -0.0408. The first-order valence-electron chi connectivity index (χ1n) is 3.69. The van der Waals surface area contributed by atoms with Gasteiger partial charge in [0, 0.05) is 10.7 Å². The number of ether oxygens (including phenoxy) is 1. The maximum absolute atomic E-state index is 11.0. The lowest BCUT2D eigenvalue weighted by atomic mass is 10.2. The Morgan fingerprint density at radius 3 is 2.40 bits per heavy atom. The molecule has 0 aromatic heterocycles. The molecule has 0 aliphatic carbocycles. The zero-order chi connectivity index (χ0) is 11.6. The van der Waals surface area contributed by atoms with Crippen molar-refractivity contribution >= 4 is 36.6 Å². The summed E-state index contributed by atoms with van der Waals surface area (Å²) in [7, 11) is 2.57. The predicted octanol–water partition coefficient (Wildman–Crippen LogP) is 2.00. The second kappa shape index (κ2) is 4.38. The van der Waals surface area contributed by atoms with Crippen LogP contribution < -0.4 is 4.74 Å². The second-order valence-electron chi connectivity index (χ2n) is 2.57. The molecule has 15 heavy (non-hydrogen) atoms. The summed E-state index contributed by atoms with van der Waals surface area (Å²) < 4.78 is 26.8. The molecule has 1 aromatic rings. The molecule has 0 aliphatic rings.